The molecule has 1 atom stereocenters. The molecule has 4 aromatic rings. The number of carbonyl (C=O) groups is 3. The smallest absolute Gasteiger partial charge is 0.490 e. The molecule has 0 saturated heterocycles. The van der Waals surface area contributed by atoms with Gasteiger partial charge in [0.1, 0.15) is 5.75 Å². The second-order valence-corrected chi connectivity index (χ2v) is 11.3. The molecule has 12 heteroatoms. The fraction of sp³-hybridized carbons (Fsp3) is 0.270. The van der Waals surface area contributed by atoms with Crippen molar-refractivity contribution in [3.8, 4) is 16.9 Å². The summed E-state index contributed by atoms with van der Waals surface area (Å²) in [6.45, 7) is 1.76. The highest BCUT2D eigenvalue weighted by Crippen LogP contribution is 2.25. The van der Waals surface area contributed by atoms with Gasteiger partial charge >= 0.3 is 12.1 Å². The second-order valence-electron chi connectivity index (χ2n) is 11.3. The van der Waals surface area contributed by atoms with Gasteiger partial charge in [-0.1, -0.05) is 78.9 Å². The number of carboxylic acids is 1. The first-order valence-electron chi connectivity index (χ1n) is 15.7. The van der Waals surface area contributed by atoms with Crippen molar-refractivity contribution in [2.75, 3.05) is 19.6 Å². The number of nitrogens with two attached hydrogens (primary N) is 2. The van der Waals surface area contributed by atoms with Crippen molar-refractivity contribution in [1.82, 2.24) is 10.2 Å². The topological polar surface area (TPSA) is 159 Å². The monoisotopic (exact) mass is 678 g/mol. The molecule has 2 amide bonds. The van der Waals surface area contributed by atoms with Gasteiger partial charge in [-0.15, -0.1) is 0 Å². The number of aliphatic carboxylic acids is 1. The van der Waals surface area contributed by atoms with Crippen LogP contribution in [-0.2, 0) is 29.0 Å². The molecular formula is C37H41F3N4O5. The van der Waals surface area contributed by atoms with Gasteiger partial charge in [-0.2, -0.15) is 13.2 Å². The third-order valence-corrected chi connectivity index (χ3v) is 7.46. The van der Waals surface area contributed by atoms with Gasteiger partial charge in [0.25, 0.3) is 5.91 Å². The van der Waals surface area contributed by atoms with Gasteiger partial charge < -0.3 is 31.9 Å². The minimum atomic E-state index is -5.08. The van der Waals surface area contributed by atoms with E-state index >= 15 is 0 Å². The Hall–Kier alpha value is -5.20. The van der Waals surface area contributed by atoms with E-state index in [4.69, 9.17) is 21.4 Å². The normalized spacial score (nSPS) is 11.5. The molecule has 260 valence electrons. The van der Waals surface area contributed by atoms with Gasteiger partial charge in [0.05, 0.1) is 6.04 Å². The number of hydrogen-bond acceptors (Lipinski definition) is 6. The van der Waals surface area contributed by atoms with Crippen LogP contribution in [0.3, 0.4) is 0 Å². The lowest BCUT2D eigenvalue weighted by Crippen LogP contribution is -2.45. The number of benzene rings is 4. The summed E-state index contributed by atoms with van der Waals surface area (Å²) in [7, 11) is 0. The maximum absolute atomic E-state index is 13.7. The molecule has 0 unspecified atom stereocenters. The van der Waals surface area contributed by atoms with Gasteiger partial charge in [-0.25, -0.2) is 4.79 Å². The summed E-state index contributed by atoms with van der Waals surface area (Å²) in [6.07, 6.45) is -1.96. The van der Waals surface area contributed by atoms with Crippen molar-refractivity contribution in [2.45, 2.75) is 44.4 Å². The summed E-state index contributed by atoms with van der Waals surface area (Å²) in [5.74, 6) is -2.86. The van der Waals surface area contributed by atoms with Crippen LogP contribution in [0.25, 0.3) is 11.1 Å². The number of carbonyl (C=O) groups excluding carboxylic acids is 2. The molecule has 0 aliphatic rings. The number of unbranched alkanes of at least 4 members (excludes halogenated alkanes) is 1. The third kappa shape index (κ3) is 12.7. The van der Waals surface area contributed by atoms with Crippen molar-refractivity contribution >= 4 is 17.8 Å². The molecule has 0 aliphatic carbocycles. The molecule has 0 fully saturated rings. The summed E-state index contributed by atoms with van der Waals surface area (Å²) >= 11 is 0. The van der Waals surface area contributed by atoms with E-state index in [1.807, 2.05) is 65.6 Å². The molecule has 9 nitrogen and oxygen atoms in total. The fourth-order valence-electron chi connectivity index (χ4n) is 5.02. The van der Waals surface area contributed by atoms with E-state index in [-0.39, 0.29) is 17.6 Å². The third-order valence-electron chi connectivity index (χ3n) is 7.46. The number of alkyl halides is 3. The number of aromatic hydroxyl groups is 1. The van der Waals surface area contributed by atoms with Crippen LogP contribution in [0.1, 0.15) is 39.9 Å². The van der Waals surface area contributed by atoms with E-state index in [1.165, 1.54) is 5.56 Å². The zero-order valence-electron chi connectivity index (χ0n) is 26.9. The lowest BCUT2D eigenvalue weighted by Gasteiger charge is -2.26. The Kier molecular flexibility index (Phi) is 14.8. The van der Waals surface area contributed by atoms with Crippen LogP contribution < -0.4 is 16.8 Å². The Labute approximate surface area is 283 Å². The number of amides is 2. The van der Waals surface area contributed by atoms with Crippen LogP contribution in [0.2, 0.25) is 0 Å². The van der Waals surface area contributed by atoms with E-state index in [1.54, 1.807) is 30.3 Å². The summed E-state index contributed by atoms with van der Waals surface area (Å²) in [5, 5.41) is 19.6. The lowest BCUT2D eigenvalue weighted by atomic mass is 9.97. The number of nitrogens with one attached hydrogen (secondary N) is 1. The number of halogens is 3. The number of phenols is 1. The van der Waals surface area contributed by atoms with E-state index in [0.717, 1.165) is 41.5 Å². The summed E-state index contributed by atoms with van der Waals surface area (Å²) in [6, 6.07) is 31.9. The molecule has 7 N–H and O–H groups in total. The minimum Gasteiger partial charge on any atom is -0.508 e. The second kappa shape index (κ2) is 19.0. The predicted molar refractivity (Wildman–Crippen MR) is 182 cm³/mol. The van der Waals surface area contributed by atoms with E-state index < -0.39 is 18.2 Å². The zero-order valence-corrected chi connectivity index (χ0v) is 26.9. The number of rotatable bonds is 14. The zero-order chi connectivity index (χ0) is 35.8. The molecular weight excluding hydrogens is 637 g/mol. The first-order valence-corrected chi connectivity index (χ1v) is 15.7. The van der Waals surface area contributed by atoms with Gasteiger partial charge in [0.2, 0.25) is 5.91 Å². The van der Waals surface area contributed by atoms with Crippen LogP contribution in [0.5, 0.6) is 5.75 Å². The number of hydrogen-bond donors (Lipinski definition) is 5. The highest BCUT2D eigenvalue weighted by molar-refractivity contribution is 6.00. The number of phenolic OH excluding ortho intramolecular Hbond substituents is 1. The van der Waals surface area contributed by atoms with Crippen molar-refractivity contribution < 1.29 is 37.8 Å². The summed E-state index contributed by atoms with van der Waals surface area (Å²) in [5.41, 5.74) is 17.4. The van der Waals surface area contributed by atoms with Crippen LogP contribution in [0, 0.1) is 0 Å². The maximum Gasteiger partial charge on any atom is 0.490 e. The SMILES string of the molecule is NCCNC(=O)c1ccccc1-c1cccc(CN(CCCCc2ccccc2)C(=O)[C@@H](N)Cc2ccc(O)cc2)c1.O=C(O)C(F)(F)F. The molecule has 4 rings (SSSR count). The van der Waals surface area contributed by atoms with Gasteiger partial charge in [-0.05, 0) is 77.8 Å². The Morgan fingerprint density at radius 2 is 1.45 bits per heavy atom. The largest absolute Gasteiger partial charge is 0.508 e. The molecule has 4 aromatic carbocycles. The lowest BCUT2D eigenvalue weighted by molar-refractivity contribution is -0.192. The van der Waals surface area contributed by atoms with Crippen molar-refractivity contribution in [2.24, 2.45) is 11.5 Å². The van der Waals surface area contributed by atoms with Crippen molar-refractivity contribution in [3.63, 3.8) is 0 Å². The molecule has 49 heavy (non-hydrogen) atoms. The molecule has 0 aliphatic heterocycles. The maximum atomic E-state index is 13.7. The number of nitrogens with zero attached hydrogens (tertiary/aromatic N) is 1. The first-order chi connectivity index (χ1) is 23.4. The standard InChI is InChI=1S/C35H40N4O3.C2HF3O2/c36-20-21-38-34(41)32-15-5-4-14-31(32)29-13-8-12-28(23-29)25-39(22-7-6-11-26-9-2-1-3-10-26)35(42)33(37)24-27-16-18-30(40)19-17-27;3-2(4,5)1(6)7/h1-5,8-10,12-19,23,33,40H,6-7,11,20-22,24-25,36-37H2,(H,38,41);(H,6,7)/t33-;/m0./s1. The van der Waals surface area contributed by atoms with Gasteiger partial charge in [-0.3, -0.25) is 9.59 Å². The highest BCUT2D eigenvalue weighted by atomic mass is 19.4. The van der Waals surface area contributed by atoms with Crippen LogP contribution in [0.15, 0.2) is 103 Å². The fourth-order valence-corrected chi connectivity index (χ4v) is 5.02. The van der Waals surface area contributed by atoms with E-state index in [9.17, 15) is 27.9 Å². The molecule has 0 bridgehead atoms. The first kappa shape index (κ1) is 38.2. The molecule has 0 saturated carbocycles. The molecule has 0 aromatic heterocycles. The van der Waals surface area contributed by atoms with E-state index in [0.29, 0.717) is 38.2 Å². The molecule has 0 spiro atoms. The van der Waals surface area contributed by atoms with E-state index in [2.05, 4.69) is 17.4 Å². The quantitative estimate of drug-likeness (QED) is 0.113. The highest BCUT2D eigenvalue weighted by Gasteiger charge is 2.38. The van der Waals surface area contributed by atoms with Crippen molar-refractivity contribution in [3.05, 3.63) is 125 Å². The predicted octanol–water partition coefficient (Wildman–Crippen LogP) is 5.30. The Morgan fingerprint density at radius 3 is 2.10 bits per heavy atom. The van der Waals surface area contributed by atoms with Crippen LogP contribution in [-0.4, -0.2) is 64.7 Å². The van der Waals surface area contributed by atoms with Gasteiger partial charge in [0, 0.05) is 31.7 Å². The number of carboxylic acid groups (broad SMARTS) is 1. The molecule has 0 heterocycles. The summed E-state index contributed by atoms with van der Waals surface area (Å²) < 4.78 is 31.7. The Morgan fingerprint density at radius 1 is 0.816 bits per heavy atom. The molecule has 0 radical (unpaired) electrons. The van der Waals surface area contributed by atoms with Crippen LogP contribution >= 0.6 is 0 Å². The average molecular weight is 679 g/mol. The number of aryl methyl sites for hydroxylation is 1. The van der Waals surface area contributed by atoms with Crippen molar-refractivity contribution in [1.29, 1.82) is 0 Å². The van der Waals surface area contributed by atoms with Crippen LogP contribution in [0.4, 0.5) is 13.2 Å². The summed E-state index contributed by atoms with van der Waals surface area (Å²) in [4.78, 5) is 37.2. The Balaban J connectivity index is 0.000000838. The minimum absolute atomic E-state index is 0.116. The van der Waals surface area contributed by atoms with Gasteiger partial charge in [0.15, 0.2) is 0 Å². The average Bonchev–Trinajstić information content (AvgIpc) is 3.09. The Bertz CT molecular complexity index is 1650.